The van der Waals surface area contributed by atoms with Gasteiger partial charge in [0.1, 0.15) is 11.6 Å². The predicted molar refractivity (Wildman–Crippen MR) is 77.3 cm³/mol. The lowest BCUT2D eigenvalue weighted by Gasteiger charge is -2.23. The Morgan fingerprint density at radius 2 is 2.30 bits per heavy atom. The Bertz CT molecular complexity index is 582. The maximum absolute atomic E-state index is 5.61. The summed E-state index contributed by atoms with van der Waals surface area (Å²) >= 11 is 0. The molecule has 1 aliphatic rings. The van der Waals surface area contributed by atoms with Crippen LogP contribution in [-0.4, -0.2) is 44.6 Å². The number of aromatic nitrogens is 1. The SMILES string of the molecule is COc1ccc2c(NCC3COCCO3)nccc2c1. The van der Waals surface area contributed by atoms with Crippen molar-refractivity contribution in [2.24, 2.45) is 0 Å². The van der Waals surface area contributed by atoms with E-state index in [0.717, 1.165) is 22.3 Å². The van der Waals surface area contributed by atoms with Crippen LogP contribution in [0.2, 0.25) is 0 Å². The number of anilines is 1. The van der Waals surface area contributed by atoms with Crippen molar-refractivity contribution in [3.8, 4) is 5.75 Å². The van der Waals surface area contributed by atoms with Gasteiger partial charge in [0.25, 0.3) is 0 Å². The fourth-order valence-corrected chi connectivity index (χ4v) is 2.29. The molecular weight excluding hydrogens is 256 g/mol. The lowest BCUT2D eigenvalue weighted by molar-refractivity contribution is -0.0819. The minimum atomic E-state index is 0.0825. The van der Waals surface area contributed by atoms with Crippen LogP contribution in [0.5, 0.6) is 5.75 Å². The first-order valence-corrected chi connectivity index (χ1v) is 6.73. The lowest BCUT2D eigenvalue weighted by Crippen LogP contribution is -2.34. The molecule has 2 heterocycles. The fraction of sp³-hybridized carbons (Fsp3) is 0.400. The summed E-state index contributed by atoms with van der Waals surface area (Å²) in [7, 11) is 1.67. The van der Waals surface area contributed by atoms with E-state index >= 15 is 0 Å². The van der Waals surface area contributed by atoms with Gasteiger partial charge < -0.3 is 19.5 Å². The average molecular weight is 274 g/mol. The van der Waals surface area contributed by atoms with Crippen molar-refractivity contribution in [3.63, 3.8) is 0 Å². The van der Waals surface area contributed by atoms with E-state index in [-0.39, 0.29) is 6.10 Å². The highest BCUT2D eigenvalue weighted by molar-refractivity contribution is 5.92. The van der Waals surface area contributed by atoms with Crippen molar-refractivity contribution in [2.45, 2.75) is 6.10 Å². The van der Waals surface area contributed by atoms with Crippen LogP contribution in [0, 0.1) is 0 Å². The molecular formula is C15H18N2O3. The van der Waals surface area contributed by atoms with Crippen molar-refractivity contribution >= 4 is 16.6 Å². The predicted octanol–water partition coefficient (Wildman–Crippen LogP) is 2.07. The Balaban J connectivity index is 1.76. The van der Waals surface area contributed by atoms with Crippen LogP contribution in [0.3, 0.4) is 0 Å². The number of benzene rings is 1. The Hall–Kier alpha value is -1.85. The number of hydrogen-bond donors (Lipinski definition) is 1. The second-order valence-electron chi connectivity index (χ2n) is 4.70. The molecule has 1 unspecified atom stereocenters. The minimum Gasteiger partial charge on any atom is -0.497 e. The average Bonchev–Trinajstić information content (AvgIpc) is 2.53. The molecule has 1 aromatic heterocycles. The highest BCUT2D eigenvalue weighted by atomic mass is 16.6. The van der Waals surface area contributed by atoms with E-state index in [2.05, 4.69) is 10.3 Å². The number of pyridine rings is 1. The fourth-order valence-electron chi connectivity index (χ4n) is 2.29. The Morgan fingerprint density at radius 3 is 3.10 bits per heavy atom. The first-order chi connectivity index (χ1) is 9.86. The van der Waals surface area contributed by atoms with Gasteiger partial charge in [-0.3, -0.25) is 0 Å². The van der Waals surface area contributed by atoms with Gasteiger partial charge in [-0.15, -0.1) is 0 Å². The van der Waals surface area contributed by atoms with Gasteiger partial charge in [0.2, 0.25) is 0 Å². The standard InChI is InChI=1S/C15H18N2O3/c1-18-12-2-3-14-11(8-12)4-5-16-15(14)17-9-13-10-19-6-7-20-13/h2-5,8,13H,6-7,9-10H2,1H3,(H,16,17). The van der Waals surface area contributed by atoms with E-state index in [1.165, 1.54) is 0 Å². The van der Waals surface area contributed by atoms with Gasteiger partial charge in [-0.25, -0.2) is 4.98 Å². The maximum Gasteiger partial charge on any atom is 0.133 e. The van der Waals surface area contributed by atoms with Crippen molar-refractivity contribution in [1.82, 2.24) is 4.98 Å². The van der Waals surface area contributed by atoms with E-state index in [1.807, 2.05) is 24.3 Å². The summed E-state index contributed by atoms with van der Waals surface area (Å²) in [5.74, 6) is 1.71. The third-order valence-corrected chi connectivity index (χ3v) is 3.35. The molecule has 0 saturated carbocycles. The normalized spacial score (nSPS) is 18.9. The van der Waals surface area contributed by atoms with E-state index in [0.29, 0.717) is 26.4 Å². The van der Waals surface area contributed by atoms with E-state index < -0.39 is 0 Å². The second kappa shape index (κ2) is 6.07. The Kier molecular flexibility index (Phi) is 3.99. The monoisotopic (exact) mass is 274 g/mol. The van der Waals surface area contributed by atoms with Crippen LogP contribution in [0.15, 0.2) is 30.5 Å². The maximum atomic E-state index is 5.61. The van der Waals surface area contributed by atoms with Crippen LogP contribution >= 0.6 is 0 Å². The van der Waals surface area contributed by atoms with E-state index in [4.69, 9.17) is 14.2 Å². The molecule has 1 saturated heterocycles. The summed E-state index contributed by atoms with van der Waals surface area (Å²) in [6.45, 7) is 2.67. The summed E-state index contributed by atoms with van der Waals surface area (Å²) in [6, 6.07) is 7.93. The number of nitrogens with one attached hydrogen (secondary N) is 1. The molecule has 106 valence electrons. The molecule has 1 aliphatic heterocycles. The zero-order valence-electron chi connectivity index (χ0n) is 11.5. The van der Waals surface area contributed by atoms with E-state index in [9.17, 15) is 0 Å². The lowest BCUT2D eigenvalue weighted by atomic mass is 10.1. The molecule has 0 amide bonds. The third-order valence-electron chi connectivity index (χ3n) is 3.35. The summed E-state index contributed by atoms with van der Waals surface area (Å²) in [5.41, 5.74) is 0. The molecule has 2 aromatic rings. The smallest absolute Gasteiger partial charge is 0.133 e. The third kappa shape index (κ3) is 2.84. The molecule has 1 aromatic carbocycles. The molecule has 5 heteroatoms. The molecule has 3 rings (SSSR count). The molecule has 5 nitrogen and oxygen atoms in total. The quantitative estimate of drug-likeness (QED) is 0.925. The molecule has 1 N–H and O–H groups in total. The zero-order valence-corrected chi connectivity index (χ0v) is 11.5. The Morgan fingerprint density at radius 1 is 1.35 bits per heavy atom. The van der Waals surface area contributed by atoms with Gasteiger partial charge in [-0.05, 0) is 29.7 Å². The van der Waals surface area contributed by atoms with Crippen molar-refractivity contribution in [3.05, 3.63) is 30.5 Å². The van der Waals surface area contributed by atoms with Gasteiger partial charge in [0.15, 0.2) is 0 Å². The highest BCUT2D eigenvalue weighted by Gasteiger charge is 2.14. The molecule has 1 fully saturated rings. The van der Waals surface area contributed by atoms with Crippen molar-refractivity contribution in [1.29, 1.82) is 0 Å². The van der Waals surface area contributed by atoms with Gasteiger partial charge in [0.05, 0.1) is 33.0 Å². The first-order valence-electron chi connectivity index (χ1n) is 6.73. The van der Waals surface area contributed by atoms with Crippen LogP contribution in [0.1, 0.15) is 0 Å². The highest BCUT2D eigenvalue weighted by Crippen LogP contribution is 2.25. The number of ether oxygens (including phenoxy) is 3. The van der Waals surface area contributed by atoms with Crippen LogP contribution in [0.4, 0.5) is 5.82 Å². The number of methoxy groups -OCH3 is 1. The Labute approximate surface area is 117 Å². The van der Waals surface area contributed by atoms with Crippen LogP contribution < -0.4 is 10.1 Å². The number of fused-ring (bicyclic) bond motifs is 1. The van der Waals surface area contributed by atoms with Crippen LogP contribution in [0.25, 0.3) is 10.8 Å². The number of rotatable bonds is 4. The van der Waals surface area contributed by atoms with Crippen LogP contribution in [-0.2, 0) is 9.47 Å². The molecule has 20 heavy (non-hydrogen) atoms. The first kappa shape index (κ1) is 13.1. The zero-order chi connectivity index (χ0) is 13.8. The largest absolute Gasteiger partial charge is 0.497 e. The van der Waals surface area contributed by atoms with Gasteiger partial charge in [-0.1, -0.05) is 0 Å². The topological polar surface area (TPSA) is 52.6 Å². The summed E-state index contributed by atoms with van der Waals surface area (Å²) in [5, 5.41) is 5.51. The molecule has 0 spiro atoms. The number of nitrogens with zero attached hydrogens (tertiary/aromatic N) is 1. The van der Waals surface area contributed by atoms with Gasteiger partial charge in [0, 0.05) is 18.1 Å². The second-order valence-corrected chi connectivity index (χ2v) is 4.70. The number of hydrogen-bond acceptors (Lipinski definition) is 5. The minimum absolute atomic E-state index is 0.0825. The van der Waals surface area contributed by atoms with Gasteiger partial charge >= 0.3 is 0 Å². The van der Waals surface area contributed by atoms with Gasteiger partial charge in [-0.2, -0.15) is 0 Å². The summed E-state index contributed by atoms with van der Waals surface area (Å²) < 4.78 is 16.2. The van der Waals surface area contributed by atoms with Crippen molar-refractivity contribution in [2.75, 3.05) is 38.8 Å². The molecule has 0 radical (unpaired) electrons. The molecule has 0 aliphatic carbocycles. The van der Waals surface area contributed by atoms with Crippen molar-refractivity contribution < 1.29 is 14.2 Å². The summed E-state index contributed by atoms with van der Waals surface area (Å²) in [6.07, 6.45) is 1.88. The summed E-state index contributed by atoms with van der Waals surface area (Å²) in [4.78, 5) is 4.40. The molecule has 0 bridgehead atoms. The molecule has 1 atom stereocenters. The van der Waals surface area contributed by atoms with E-state index in [1.54, 1.807) is 13.3 Å².